The van der Waals surface area contributed by atoms with Crippen molar-refractivity contribution in [2.45, 2.75) is 19.3 Å². The number of aliphatic carboxylic acids is 1. The Morgan fingerprint density at radius 2 is 2.24 bits per heavy atom. The lowest BCUT2D eigenvalue weighted by Crippen LogP contribution is -2.40. The van der Waals surface area contributed by atoms with Gasteiger partial charge in [0.1, 0.15) is 5.82 Å². The molecule has 1 fully saturated rings. The van der Waals surface area contributed by atoms with E-state index in [9.17, 15) is 9.59 Å². The Morgan fingerprint density at radius 3 is 2.90 bits per heavy atom. The van der Waals surface area contributed by atoms with Crippen LogP contribution in [0.4, 0.5) is 5.82 Å². The van der Waals surface area contributed by atoms with Crippen molar-refractivity contribution in [3.8, 4) is 0 Å². The number of carbonyl (C=O) groups is 2. The van der Waals surface area contributed by atoms with Crippen LogP contribution in [-0.4, -0.2) is 54.1 Å². The maximum absolute atomic E-state index is 12.5. The highest BCUT2D eigenvalue weighted by Crippen LogP contribution is 2.22. The standard InChI is InChI=1S/C15H21N3O3/c1-17(2)13-9-12(5-6-16-13)15(21)18-7-3-4-11(10-18)8-14(19)20/h5-6,9,11H,3-4,7-8,10H2,1-2H3,(H,19,20). The molecule has 0 saturated carbocycles. The van der Waals surface area contributed by atoms with E-state index in [0.717, 1.165) is 18.7 Å². The third-order valence-corrected chi connectivity index (χ3v) is 3.72. The predicted molar refractivity (Wildman–Crippen MR) is 79.4 cm³/mol. The first-order valence-electron chi connectivity index (χ1n) is 7.12. The average molecular weight is 291 g/mol. The van der Waals surface area contributed by atoms with Gasteiger partial charge in [-0.1, -0.05) is 0 Å². The van der Waals surface area contributed by atoms with Gasteiger partial charge in [-0.05, 0) is 30.9 Å². The second kappa shape index (κ2) is 6.56. The van der Waals surface area contributed by atoms with Crippen LogP contribution in [0.5, 0.6) is 0 Å². The summed E-state index contributed by atoms with van der Waals surface area (Å²) >= 11 is 0. The molecule has 0 radical (unpaired) electrons. The number of aromatic nitrogens is 1. The van der Waals surface area contributed by atoms with Crippen molar-refractivity contribution >= 4 is 17.7 Å². The van der Waals surface area contributed by atoms with E-state index in [2.05, 4.69) is 4.98 Å². The fraction of sp³-hybridized carbons (Fsp3) is 0.533. The first kappa shape index (κ1) is 15.3. The molecule has 6 nitrogen and oxygen atoms in total. The second-order valence-corrected chi connectivity index (χ2v) is 5.65. The van der Waals surface area contributed by atoms with E-state index < -0.39 is 5.97 Å². The number of amides is 1. The number of hydrogen-bond acceptors (Lipinski definition) is 4. The van der Waals surface area contributed by atoms with Gasteiger partial charge in [-0.2, -0.15) is 0 Å². The van der Waals surface area contributed by atoms with Gasteiger partial charge in [-0.15, -0.1) is 0 Å². The normalized spacial score (nSPS) is 18.4. The maximum atomic E-state index is 12.5. The van der Waals surface area contributed by atoms with Crippen LogP contribution in [0.1, 0.15) is 29.6 Å². The number of hydrogen-bond donors (Lipinski definition) is 1. The molecule has 2 heterocycles. The third kappa shape index (κ3) is 3.93. The second-order valence-electron chi connectivity index (χ2n) is 5.65. The number of anilines is 1. The van der Waals surface area contributed by atoms with Crippen molar-refractivity contribution in [1.29, 1.82) is 0 Å². The largest absolute Gasteiger partial charge is 0.481 e. The molecule has 6 heteroatoms. The van der Waals surface area contributed by atoms with Gasteiger partial charge in [-0.3, -0.25) is 9.59 Å². The van der Waals surface area contributed by atoms with Crippen LogP contribution >= 0.6 is 0 Å². The summed E-state index contributed by atoms with van der Waals surface area (Å²) in [5.74, 6) is -0.0565. The lowest BCUT2D eigenvalue weighted by Gasteiger charge is -2.32. The Balaban J connectivity index is 2.08. The molecular weight excluding hydrogens is 270 g/mol. The van der Waals surface area contributed by atoms with Gasteiger partial charge in [0, 0.05) is 45.4 Å². The molecule has 0 aromatic carbocycles. The molecule has 1 aromatic rings. The van der Waals surface area contributed by atoms with Gasteiger partial charge in [0.05, 0.1) is 0 Å². The Kier molecular flexibility index (Phi) is 4.77. The summed E-state index contributed by atoms with van der Waals surface area (Å²) in [6, 6.07) is 3.47. The van der Waals surface area contributed by atoms with Crippen LogP contribution < -0.4 is 4.90 Å². The van der Waals surface area contributed by atoms with Crippen LogP contribution in [0.15, 0.2) is 18.3 Å². The van der Waals surface area contributed by atoms with Crippen molar-refractivity contribution in [3.63, 3.8) is 0 Å². The van der Waals surface area contributed by atoms with Gasteiger partial charge >= 0.3 is 5.97 Å². The van der Waals surface area contributed by atoms with Gasteiger partial charge in [0.15, 0.2) is 0 Å². The van der Waals surface area contributed by atoms with E-state index in [0.29, 0.717) is 18.7 Å². The van der Waals surface area contributed by atoms with Crippen LogP contribution in [0.2, 0.25) is 0 Å². The molecule has 1 saturated heterocycles. The molecule has 0 bridgehead atoms. The highest BCUT2D eigenvalue weighted by Gasteiger charge is 2.26. The number of piperidine rings is 1. The van der Waals surface area contributed by atoms with E-state index >= 15 is 0 Å². The Hall–Kier alpha value is -2.11. The lowest BCUT2D eigenvalue weighted by atomic mass is 9.94. The zero-order valence-electron chi connectivity index (χ0n) is 12.5. The third-order valence-electron chi connectivity index (χ3n) is 3.72. The van der Waals surface area contributed by atoms with Crippen molar-refractivity contribution in [3.05, 3.63) is 23.9 Å². The van der Waals surface area contributed by atoms with Crippen LogP contribution in [0.25, 0.3) is 0 Å². The van der Waals surface area contributed by atoms with Crippen molar-refractivity contribution in [1.82, 2.24) is 9.88 Å². The Bertz CT molecular complexity index is 531. The van der Waals surface area contributed by atoms with Crippen molar-refractivity contribution < 1.29 is 14.7 Å². The minimum absolute atomic E-state index is 0.0458. The number of carboxylic acid groups (broad SMARTS) is 1. The van der Waals surface area contributed by atoms with E-state index in [-0.39, 0.29) is 18.2 Å². The smallest absolute Gasteiger partial charge is 0.303 e. The number of carbonyl (C=O) groups excluding carboxylic acids is 1. The molecule has 1 N–H and O–H groups in total. The Labute approximate surface area is 124 Å². The number of carboxylic acids is 1. The van der Waals surface area contributed by atoms with Gasteiger partial charge in [0.25, 0.3) is 5.91 Å². The summed E-state index contributed by atoms with van der Waals surface area (Å²) in [4.78, 5) is 31.2. The summed E-state index contributed by atoms with van der Waals surface area (Å²) in [6.45, 7) is 1.21. The molecule has 1 aliphatic rings. The molecular formula is C15H21N3O3. The number of pyridine rings is 1. The van der Waals surface area contributed by atoms with Crippen LogP contribution in [-0.2, 0) is 4.79 Å². The minimum Gasteiger partial charge on any atom is -0.481 e. The zero-order valence-corrected chi connectivity index (χ0v) is 12.5. The van der Waals surface area contributed by atoms with E-state index in [4.69, 9.17) is 5.11 Å². The molecule has 114 valence electrons. The predicted octanol–water partition coefficient (Wildman–Crippen LogP) is 1.47. The summed E-state index contributed by atoms with van der Waals surface area (Å²) < 4.78 is 0. The number of nitrogens with zero attached hydrogens (tertiary/aromatic N) is 3. The summed E-state index contributed by atoms with van der Waals surface area (Å²) in [5.41, 5.74) is 0.602. The van der Waals surface area contributed by atoms with E-state index in [1.807, 2.05) is 19.0 Å². The quantitative estimate of drug-likeness (QED) is 0.909. The minimum atomic E-state index is -0.798. The van der Waals surface area contributed by atoms with E-state index in [1.54, 1.807) is 23.2 Å². The average Bonchev–Trinajstić information content (AvgIpc) is 2.46. The molecule has 2 rings (SSSR count). The van der Waals surface area contributed by atoms with E-state index in [1.165, 1.54) is 0 Å². The SMILES string of the molecule is CN(C)c1cc(C(=O)N2CCCC(CC(=O)O)C2)ccn1. The number of rotatable bonds is 4. The first-order valence-corrected chi connectivity index (χ1v) is 7.12. The molecule has 1 amide bonds. The highest BCUT2D eigenvalue weighted by molar-refractivity contribution is 5.95. The molecule has 1 aromatic heterocycles. The van der Waals surface area contributed by atoms with Gasteiger partial charge in [-0.25, -0.2) is 4.98 Å². The van der Waals surface area contributed by atoms with Gasteiger partial charge < -0.3 is 14.9 Å². The fourth-order valence-electron chi connectivity index (χ4n) is 2.64. The van der Waals surface area contributed by atoms with Crippen LogP contribution in [0.3, 0.4) is 0 Å². The molecule has 21 heavy (non-hydrogen) atoms. The fourth-order valence-corrected chi connectivity index (χ4v) is 2.64. The van der Waals surface area contributed by atoms with Crippen molar-refractivity contribution in [2.24, 2.45) is 5.92 Å². The summed E-state index contributed by atoms with van der Waals surface area (Å²) in [7, 11) is 3.75. The van der Waals surface area contributed by atoms with Gasteiger partial charge in [0.2, 0.25) is 0 Å². The summed E-state index contributed by atoms with van der Waals surface area (Å²) in [5, 5.41) is 8.89. The van der Waals surface area contributed by atoms with Crippen LogP contribution in [0, 0.1) is 5.92 Å². The molecule has 1 aliphatic heterocycles. The maximum Gasteiger partial charge on any atom is 0.303 e. The zero-order chi connectivity index (χ0) is 15.4. The topological polar surface area (TPSA) is 73.7 Å². The molecule has 0 spiro atoms. The Morgan fingerprint density at radius 1 is 1.48 bits per heavy atom. The molecule has 1 atom stereocenters. The highest BCUT2D eigenvalue weighted by atomic mass is 16.4. The lowest BCUT2D eigenvalue weighted by molar-refractivity contribution is -0.138. The first-order chi connectivity index (χ1) is 9.97. The summed E-state index contributed by atoms with van der Waals surface area (Å²) in [6.07, 6.45) is 3.48. The molecule has 1 unspecified atom stereocenters. The van der Waals surface area contributed by atoms with Crippen molar-refractivity contribution in [2.75, 3.05) is 32.1 Å². The molecule has 0 aliphatic carbocycles. The monoisotopic (exact) mass is 291 g/mol. The number of likely N-dealkylation sites (tertiary alicyclic amines) is 1.